The molecule has 1 N–H and O–H groups in total. The zero-order chi connectivity index (χ0) is 14.2. The van der Waals surface area contributed by atoms with Crippen molar-refractivity contribution in [2.45, 2.75) is 11.8 Å². The van der Waals surface area contributed by atoms with Crippen LogP contribution in [0, 0.1) is 10.5 Å². The largest absolute Gasteiger partial charge is 0.279 e. The van der Waals surface area contributed by atoms with E-state index in [9.17, 15) is 8.42 Å². The van der Waals surface area contributed by atoms with Crippen molar-refractivity contribution in [3.8, 4) is 0 Å². The van der Waals surface area contributed by atoms with E-state index in [1.54, 1.807) is 31.2 Å². The van der Waals surface area contributed by atoms with Gasteiger partial charge in [0.05, 0.1) is 9.47 Å². The highest BCUT2D eigenvalue weighted by atomic mass is 127. The molecule has 2 rings (SSSR count). The number of benzene rings is 1. The molecule has 0 amide bonds. The molecule has 1 heterocycles. The molecule has 0 unspecified atom stereocenters. The smallest absolute Gasteiger partial charge is 0.263 e. The molecule has 8 heteroatoms. The Kier molecular flexibility index (Phi) is 4.82. The van der Waals surface area contributed by atoms with Crippen molar-refractivity contribution < 1.29 is 8.42 Å². The van der Waals surface area contributed by atoms with Gasteiger partial charge in [0.25, 0.3) is 10.0 Å². The van der Waals surface area contributed by atoms with Crippen LogP contribution in [0.2, 0.25) is 5.02 Å². The fraction of sp³-hybridized carbons (Fsp3) is 0.0909. The summed E-state index contributed by atoms with van der Waals surface area (Å²) in [7, 11) is -3.58. The summed E-state index contributed by atoms with van der Waals surface area (Å²) in [5, 5.41) is 0.571. The Balaban J connectivity index is 2.39. The average Bonchev–Trinajstić information content (AvgIpc) is 2.63. The van der Waals surface area contributed by atoms with Crippen LogP contribution in [0.5, 0.6) is 0 Å². The van der Waals surface area contributed by atoms with Gasteiger partial charge >= 0.3 is 0 Å². The van der Waals surface area contributed by atoms with Crippen LogP contribution in [0.15, 0.2) is 32.9 Å². The molecule has 0 aliphatic rings. The Labute approximate surface area is 142 Å². The van der Waals surface area contributed by atoms with Gasteiger partial charge in [0.15, 0.2) is 0 Å². The lowest BCUT2D eigenvalue weighted by atomic mass is 10.3. The standard InChI is InChI=1S/C11H8BrClINO2S2/c1-6-10(5-11(12)18-6)19(16,17)15-9-3-2-7(13)4-8(9)14/h2-5,15H,1H3. The van der Waals surface area contributed by atoms with E-state index in [1.165, 1.54) is 11.3 Å². The van der Waals surface area contributed by atoms with E-state index in [2.05, 4.69) is 20.7 Å². The molecule has 2 aromatic rings. The summed E-state index contributed by atoms with van der Waals surface area (Å²) in [6, 6.07) is 6.61. The van der Waals surface area contributed by atoms with E-state index in [0.717, 1.165) is 12.2 Å². The normalized spacial score (nSPS) is 11.6. The van der Waals surface area contributed by atoms with Crippen LogP contribution >= 0.6 is 61.5 Å². The maximum atomic E-state index is 12.3. The van der Waals surface area contributed by atoms with Crippen molar-refractivity contribution in [1.82, 2.24) is 0 Å². The van der Waals surface area contributed by atoms with E-state index in [0.29, 0.717) is 10.7 Å². The fourth-order valence-electron chi connectivity index (χ4n) is 1.47. The van der Waals surface area contributed by atoms with Gasteiger partial charge in [-0.2, -0.15) is 0 Å². The molecule has 19 heavy (non-hydrogen) atoms. The Morgan fingerprint density at radius 2 is 2.05 bits per heavy atom. The highest BCUT2D eigenvalue weighted by Crippen LogP contribution is 2.32. The highest BCUT2D eigenvalue weighted by Gasteiger charge is 2.20. The Bertz CT molecular complexity index is 730. The molecule has 0 atom stereocenters. The minimum Gasteiger partial charge on any atom is -0.279 e. The SMILES string of the molecule is Cc1sc(Br)cc1S(=O)(=O)Nc1ccc(Cl)cc1I. The molecule has 0 fully saturated rings. The highest BCUT2D eigenvalue weighted by molar-refractivity contribution is 14.1. The van der Waals surface area contributed by atoms with Crippen LogP contribution in [0.4, 0.5) is 5.69 Å². The number of anilines is 1. The number of rotatable bonds is 3. The predicted octanol–water partition coefficient (Wildman–Crippen LogP) is 4.88. The predicted molar refractivity (Wildman–Crippen MR) is 91.7 cm³/mol. The summed E-state index contributed by atoms with van der Waals surface area (Å²) in [5.41, 5.74) is 0.520. The van der Waals surface area contributed by atoms with Gasteiger partial charge in [0.1, 0.15) is 4.90 Å². The van der Waals surface area contributed by atoms with Crippen molar-refractivity contribution in [3.63, 3.8) is 0 Å². The molecule has 0 bridgehead atoms. The van der Waals surface area contributed by atoms with Crippen LogP contribution in [0.3, 0.4) is 0 Å². The molecule has 0 spiro atoms. The Hall–Kier alpha value is 0.170. The maximum absolute atomic E-state index is 12.3. The second-order valence-corrected chi connectivity index (χ2v) is 9.59. The molecule has 0 radical (unpaired) electrons. The number of nitrogens with one attached hydrogen (secondary N) is 1. The number of sulfonamides is 1. The number of halogens is 3. The van der Waals surface area contributed by atoms with Gasteiger partial charge in [-0.3, -0.25) is 4.72 Å². The van der Waals surface area contributed by atoms with E-state index in [-0.39, 0.29) is 4.90 Å². The molecule has 3 nitrogen and oxygen atoms in total. The summed E-state index contributed by atoms with van der Waals surface area (Å²) < 4.78 is 28.7. The van der Waals surface area contributed by atoms with Crippen LogP contribution in [0.25, 0.3) is 0 Å². The summed E-state index contributed by atoms with van der Waals surface area (Å²) in [6.45, 7) is 1.77. The number of thiophene rings is 1. The Morgan fingerprint density at radius 3 is 2.58 bits per heavy atom. The summed E-state index contributed by atoms with van der Waals surface area (Å²) >= 11 is 12.6. The van der Waals surface area contributed by atoms with Crippen molar-refractivity contribution in [3.05, 3.63) is 41.5 Å². The third kappa shape index (κ3) is 3.63. The average molecular weight is 493 g/mol. The first-order chi connectivity index (χ1) is 8.79. The molecule has 0 aliphatic carbocycles. The van der Waals surface area contributed by atoms with Gasteiger partial charge in [-0.15, -0.1) is 11.3 Å². The minimum absolute atomic E-state index is 0.287. The number of hydrogen-bond donors (Lipinski definition) is 1. The van der Waals surface area contributed by atoms with Crippen LogP contribution < -0.4 is 4.72 Å². The first-order valence-corrected chi connectivity index (χ1v) is 9.58. The molecule has 0 saturated carbocycles. The summed E-state index contributed by atoms with van der Waals surface area (Å²) in [4.78, 5) is 1.03. The minimum atomic E-state index is -3.58. The topological polar surface area (TPSA) is 46.2 Å². The van der Waals surface area contributed by atoms with E-state index >= 15 is 0 Å². The fourth-order valence-corrected chi connectivity index (χ4v) is 6.15. The van der Waals surface area contributed by atoms with Gasteiger partial charge in [-0.1, -0.05) is 11.6 Å². The summed E-state index contributed by atoms with van der Waals surface area (Å²) in [5.74, 6) is 0. The second-order valence-electron chi connectivity index (χ2n) is 3.70. The van der Waals surface area contributed by atoms with Gasteiger partial charge in [0.2, 0.25) is 0 Å². The van der Waals surface area contributed by atoms with Gasteiger partial charge in [-0.05, 0) is 69.7 Å². The van der Waals surface area contributed by atoms with E-state index in [1.807, 2.05) is 22.6 Å². The lowest BCUT2D eigenvalue weighted by Crippen LogP contribution is -2.13. The van der Waals surface area contributed by atoms with Crippen molar-refractivity contribution in [2.75, 3.05) is 4.72 Å². The van der Waals surface area contributed by atoms with Crippen molar-refractivity contribution in [1.29, 1.82) is 0 Å². The second kappa shape index (κ2) is 5.88. The molecular formula is C11H8BrClINO2S2. The monoisotopic (exact) mass is 491 g/mol. The van der Waals surface area contributed by atoms with Crippen molar-refractivity contribution in [2.24, 2.45) is 0 Å². The summed E-state index contributed by atoms with van der Waals surface area (Å²) in [6.07, 6.45) is 0. The quantitative estimate of drug-likeness (QED) is 0.621. The first-order valence-electron chi connectivity index (χ1n) is 5.03. The molecule has 0 aliphatic heterocycles. The van der Waals surface area contributed by atoms with E-state index in [4.69, 9.17) is 11.6 Å². The van der Waals surface area contributed by atoms with Gasteiger partial charge in [0, 0.05) is 13.5 Å². The zero-order valence-electron chi connectivity index (χ0n) is 9.58. The number of aryl methyl sites for hydroxylation is 1. The lowest BCUT2D eigenvalue weighted by molar-refractivity contribution is 0.601. The molecule has 102 valence electrons. The lowest BCUT2D eigenvalue weighted by Gasteiger charge is -2.09. The van der Waals surface area contributed by atoms with Crippen molar-refractivity contribution >= 4 is 77.2 Å². The maximum Gasteiger partial charge on any atom is 0.263 e. The van der Waals surface area contributed by atoms with Gasteiger partial charge in [-0.25, -0.2) is 8.42 Å². The molecular weight excluding hydrogens is 485 g/mol. The van der Waals surface area contributed by atoms with Crippen LogP contribution in [-0.4, -0.2) is 8.42 Å². The molecule has 0 saturated heterocycles. The zero-order valence-corrected chi connectivity index (χ0v) is 15.7. The van der Waals surface area contributed by atoms with Crippen LogP contribution in [-0.2, 0) is 10.0 Å². The first kappa shape index (κ1) is 15.6. The Morgan fingerprint density at radius 1 is 1.37 bits per heavy atom. The molecule has 1 aromatic carbocycles. The molecule has 1 aromatic heterocycles. The third-order valence-electron chi connectivity index (χ3n) is 2.31. The number of hydrogen-bond acceptors (Lipinski definition) is 3. The third-order valence-corrected chi connectivity index (χ3v) is 6.61. The van der Waals surface area contributed by atoms with Crippen LogP contribution in [0.1, 0.15) is 4.88 Å². The van der Waals surface area contributed by atoms with E-state index < -0.39 is 10.0 Å². The van der Waals surface area contributed by atoms with Gasteiger partial charge < -0.3 is 0 Å².